The minimum absolute atomic E-state index is 0.0961. The molecular formula is C15H21N3O5. The van der Waals surface area contributed by atoms with Gasteiger partial charge in [-0.1, -0.05) is 0 Å². The maximum absolute atomic E-state index is 11.6. The Kier molecular flexibility index (Phi) is 6.37. The van der Waals surface area contributed by atoms with E-state index in [0.29, 0.717) is 11.4 Å². The zero-order chi connectivity index (χ0) is 17.5. The van der Waals surface area contributed by atoms with Crippen LogP contribution in [0, 0.1) is 0 Å². The van der Waals surface area contributed by atoms with Gasteiger partial charge in [0.2, 0.25) is 5.91 Å². The Morgan fingerprint density at radius 1 is 1.00 bits per heavy atom. The van der Waals surface area contributed by atoms with E-state index in [0.717, 1.165) is 0 Å². The maximum Gasteiger partial charge on any atom is 0.414 e. The summed E-state index contributed by atoms with van der Waals surface area (Å²) >= 11 is 0. The molecule has 23 heavy (non-hydrogen) atoms. The Hall–Kier alpha value is -2.77. The van der Waals surface area contributed by atoms with Gasteiger partial charge in [0.05, 0.1) is 6.54 Å². The van der Waals surface area contributed by atoms with E-state index in [2.05, 4.69) is 16.0 Å². The Labute approximate surface area is 134 Å². The highest BCUT2D eigenvalue weighted by Gasteiger charge is 2.17. The van der Waals surface area contributed by atoms with Gasteiger partial charge in [-0.05, 0) is 45.0 Å². The van der Waals surface area contributed by atoms with Crippen LogP contribution in [0.3, 0.4) is 0 Å². The second-order valence-corrected chi connectivity index (χ2v) is 5.73. The summed E-state index contributed by atoms with van der Waals surface area (Å²) in [5, 5.41) is 16.2. The lowest BCUT2D eigenvalue weighted by molar-refractivity contribution is -0.135. The van der Waals surface area contributed by atoms with Gasteiger partial charge in [-0.2, -0.15) is 0 Å². The fraction of sp³-hybridized carbons (Fsp3) is 0.400. The van der Waals surface area contributed by atoms with Crippen LogP contribution in [0.15, 0.2) is 24.3 Å². The fourth-order valence-electron chi connectivity index (χ4n) is 1.53. The molecule has 0 fully saturated rings. The van der Waals surface area contributed by atoms with Crippen LogP contribution >= 0.6 is 0 Å². The highest BCUT2D eigenvalue weighted by Crippen LogP contribution is 2.13. The van der Waals surface area contributed by atoms with E-state index in [-0.39, 0.29) is 13.1 Å². The zero-order valence-electron chi connectivity index (χ0n) is 13.3. The number of carbonyl (C=O) groups excluding carboxylic acids is 2. The van der Waals surface area contributed by atoms with Gasteiger partial charge in [0.1, 0.15) is 12.1 Å². The van der Waals surface area contributed by atoms with Crippen LogP contribution in [-0.2, 0) is 14.3 Å². The summed E-state index contributed by atoms with van der Waals surface area (Å²) in [6, 6.07) is 6.73. The van der Waals surface area contributed by atoms with Crippen LogP contribution in [0.4, 0.5) is 16.2 Å². The van der Waals surface area contributed by atoms with E-state index in [1.54, 1.807) is 45.0 Å². The van der Waals surface area contributed by atoms with Crippen molar-refractivity contribution in [1.82, 2.24) is 5.32 Å². The average Bonchev–Trinajstić information content (AvgIpc) is 2.41. The standard InChI is InChI=1S/C15H21N3O5/c1-15(2,3)23-14(22)18-12(19)8-16-10-4-6-11(7-5-10)17-9-13(20)21/h4-7,16-17H,8-9H2,1-3H3,(H,20,21)(H,18,19,22). The summed E-state index contributed by atoms with van der Waals surface area (Å²) in [6.45, 7) is 4.84. The lowest BCUT2D eigenvalue weighted by atomic mass is 10.2. The SMILES string of the molecule is CC(C)(C)OC(=O)NC(=O)CNc1ccc(NCC(=O)O)cc1. The van der Waals surface area contributed by atoms with Crippen molar-refractivity contribution in [2.75, 3.05) is 23.7 Å². The number of hydrogen-bond acceptors (Lipinski definition) is 6. The van der Waals surface area contributed by atoms with Crippen LogP contribution in [0.2, 0.25) is 0 Å². The second kappa shape index (κ2) is 8.02. The van der Waals surface area contributed by atoms with Gasteiger partial charge in [0.15, 0.2) is 0 Å². The van der Waals surface area contributed by atoms with E-state index in [4.69, 9.17) is 9.84 Å². The van der Waals surface area contributed by atoms with Gasteiger partial charge in [-0.25, -0.2) is 4.79 Å². The molecule has 0 heterocycles. The summed E-state index contributed by atoms with van der Waals surface area (Å²) in [4.78, 5) is 33.5. The van der Waals surface area contributed by atoms with Crippen LogP contribution in [0.25, 0.3) is 0 Å². The van der Waals surface area contributed by atoms with Crippen LogP contribution < -0.4 is 16.0 Å². The molecule has 0 saturated heterocycles. The van der Waals surface area contributed by atoms with E-state index in [1.165, 1.54) is 0 Å². The topological polar surface area (TPSA) is 117 Å². The van der Waals surface area contributed by atoms with Crippen molar-refractivity contribution in [3.63, 3.8) is 0 Å². The van der Waals surface area contributed by atoms with Gasteiger partial charge >= 0.3 is 12.1 Å². The molecular weight excluding hydrogens is 302 g/mol. The maximum atomic E-state index is 11.6. The molecule has 2 amide bonds. The predicted molar refractivity (Wildman–Crippen MR) is 85.4 cm³/mol. The van der Waals surface area contributed by atoms with Gasteiger partial charge in [0, 0.05) is 11.4 Å². The Bertz CT molecular complexity index is 563. The number of alkyl carbamates (subject to hydrolysis) is 1. The van der Waals surface area contributed by atoms with Crippen molar-refractivity contribution in [3.05, 3.63) is 24.3 Å². The van der Waals surface area contributed by atoms with Gasteiger partial charge in [-0.15, -0.1) is 0 Å². The molecule has 1 aromatic rings. The number of benzene rings is 1. The lowest BCUT2D eigenvalue weighted by Crippen LogP contribution is -2.39. The smallest absolute Gasteiger partial charge is 0.414 e. The monoisotopic (exact) mass is 323 g/mol. The fourth-order valence-corrected chi connectivity index (χ4v) is 1.53. The first-order valence-corrected chi connectivity index (χ1v) is 6.98. The number of nitrogens with one attached hydrogen (secondary N) is 3. The third kappa shape index (κ3) is 8.30. The van der Waals surface area contributed by atoms with Crippen molar-refractivity contribution in [3.8, 4) is 0 Å². The summed E-state index contributed by atoms with van der Waals surface area (Å²) < 4.78 is 4.97. The number of imide groups is 1. The zero-order valence-corrected chi connectivity index (χ0v) is 13.3. The van der Waals surface area contributed by atoms with Gasteiger partial charge in [0.25, 0.3) is 0 Å². The highest BCUT2D eigenvalue weighted by molar-refractivity contribution is 5.94. The van der Waals surface area contributed by atoms with Crippen LogP contribution in [-0.4, -0.2) is 41.8 Å². The molecule has 4 N–H and O–H groups in total. The molecule has 0 unspecified atom stereocenters. The third-order valence-electron chi connectivity index (χ3n) is 2.42. The number of amides is 2. The Morgan fingerprint density at radius 2 is 1.48 bits per heavy atom. The number of carbonyl (C=O) groups is 3. The average molecular weight is 323 g/mol. The summed E-state index contributed by atoms with van der Waals surface area (Å²) in [5.74, 6) is -1.47. The predicted octanol–water partition coefficient (Wildman–Crippen LogP) is 1.65. The third-order valence-corrected chi connectivity index (χ3v) is 2.42. The highest BCUT2D eigenvalue weighted by atomic mass is 16.6. The normalized spacial score (nSPS) is 10.6. The summed E-state index contributed by atoms with van der Waals surface area (Å²) in [7, 11) is 0. The summed E-state index contributed by atoms with van der Waals surface area (Å²) in [5.41, 5.74) is 0.637. The first-order valence-electron chi connectivity index (χ1n) is 6.98. The van der Waals surface area contributed by atoms with E-state index >= 15 is 0 Å². The van der Waals surface area contributed by atoms with Crippen LogP contribution in [0.1, 0.15) is 20.8 Å². The first kappa shape index (κ1) is 18.3. The van der Waals surface area contributed by atoms with E-state index in [9.17, 15) is 14.4 Å². The second-order valence-electron chi connectivity index (χ2n) is 5.73. The number of rotatable bonds is 6. The van der Waals surface area contributed by atoms with Crippen molar-refractivity contribution in [2.24, 2.45) is 0 Å². The lowest BCUT2D eigenvalue weighted by Gasteiger charge is -2.19. The van der Waals surface area contributed by atoms with Crippen molar-refractivity contribution < 1.29 is 24.2 Å². The first-order chi connectivity index (χ1) is 10.7. The Balaban J connectivity index is 2.38. The Morgan fingerprint density at radius 3 is 1.91 bits per heavy atom. The molecule has 0 aliphatic rings. The molecule has 8 heteroatoms. The van der Waals surface area contributed by atoms with Crippen molar-refractivity contribution >= 4 is 29.3 Å². The molecule has 8 nitrogen and oxygen atoms in total. The van der Waals surface area contributed by atoms with Crippen LogP contribution in [0.5, 0.6) is 0 Å². The molecule has 0 atom stereocenters. The number of hydrogen-bond donors (Lipinski definition) is 4. The molecule has 0 aliphatic heterocycles. The molecule has 0 aromatic heterocycles. The minimum atomic E-state index is -0.953. The van der Waals surface area contributed by atoms with Gasteiger partial charge in [-0.3, -0.25) is 14.9 Å². The molecule has 0 saturated carbocycles. The number of carboxylic acids is 1. The van der Waals surface area contributed by atoms with E-state index in [1.807, 2.05) is 0 Å². The van der Waals surface area contributed by atoms with Crippen molar-refractivity contribution in [2.45, 2.75) is 26.4 Å². The molecule has 0 radical (unpaired) electrons. The molecule has 0 spiro atoms. The summed E-state index contributed by atoms with van der Waals surface area (Å²) in [6.07, 6.45) is -0.794. The number of carboxylic acid groups (broad SMARTS) is 1. The van der Waals surface area contributed by atoms with Gasteiger partial charge < -0.3 is 20.5 Å². The molecule has 1 rings (SSSR count). The quantitative estimate of drug-likeness (QED) is 0.629. The molecule has 126 valence electrons. The molecule has 1 aromatic carbocycles. The van der Waals surface area contributed by atoms with Crippen molar-refractivity contribution in [1.29, 1.82) is 0 Å². The minimum Gasteiger partial charge on any atom is -0.480 e. The molecule has 0 bridgehead atoms. The number of anilines is 2. The number of aliphatic carboxylic acids is 1. The number of ether oxygens (including phenoxy) is 1. The molecule has 0 aliphatic carbocycles. The van der Waals surface area contributed by atoms with E-state index < -0.39 is 23.6 Å². The largest absolute Gasteiger partial charge is 0.480 e.